The van der Waals surface area contributed by atoms with Crippen LogP contribution < -0.4 is 0 Å². The second kappa shape index (κ2) is 5.11. The first kappa shape index (κ1) is 11.8. The zero-order valence-corrected chi connectivity index (χ0v) is 11.3. The fraction of sp³-hybridized carbons (Fsp3) is 0.231. The highest BCUT2D eigenvalue weighted by molar-refractivity contribution is 9.09. The van der Waals surface area contributed by atoms with Crippen molar-refractivity contribution < 1.29 is 4.39 Å². The molecule has 0 N–H and O–H groups in total. The maximum atomic E-state index is 12.8. The van der Waals surface area contributed by atoms with Crippen molar-refractivity contribution in [3.8, 4) is 0 Å². The molecule has 1 heterocycles. The average Bonchev–Trinajstić information content (AvgIpc) is 2.68. The van der Waals surface area contributed by atoms with Crippen LogP contribution in [-0.2, 0) is 6.42 Å². The third-order valence-corrected chi connectivity index (χ3v) is 4.73. The Morgan fingerprint density at radius 2 is 1.94 bits per heavy atom. The first-order chi connectivity index (χ1) is 7.66. The van der Waals surface area contributed by atoms with E-state index in [-0.39, 0.29) is 5.82 Å². The van der Waals surface area contributed by atoms with Gasteiger partial charge in [-0.05, 0) is 48.1 Å². The Hall–Kier alpha value is -0.670. The van der Waals surface area contributed by atoms with Crippen LogP contribution in [0, 0.1) is 12.7 Å². The van der Waals surface area contributed by atoms with E-state index in [1.807, 2.05) is 12.1 Å². The normalized spacial score (nSPS) is 12.7. The lowest BCUT2D eigenvalue weighted by molar-refractivity contribution is 0.627. The molecule has 2 rings (SSSR count). The van der Waals surface area contributed by atoms with E-state index in [1.165, 1.54) is 22.6 Å². The molecule has 0 aliphatic heterocycles. The van der Waals surface area contributed by atoms with Gasteiger partial charge in [0.2, 0.25) is 0 Å². The molecule has 16 heavy (non-hydrogen) atoms. The first-order valence-electron chi connectivity index (χ1n) is 5.09. The van der Waals surface area contributed by atoms with Crippen LogP contribution in [0.2, 0.25) is 0 Å². The van der Waals surface area contributed by atoms with Gasteiger partial charge in [-0.25, -0.2) is 4.39 Å². The van der Waals surface area contributed by atoms with Crippen molar-refractivity contribution in [3.63, 3.8) is 0 Å². The molecule has 2 aromatic rings. The van der Waals surface area contributed by atoms with Gasteiger partial charge in [-0.3, -0.25) is 0 Å². The van der Waals surface area contributed by atoms with E-state index in [0.29, 0.717) is 4.83 Å². The van der Waals surface area contributed by atoms with Crippen LogP contribution in [0.3, 0.4) is 0 Å². The van der Waals surface area contributed by atoms with Crippen LogP contribution in [0.15, 0.2) is 35.7 Å². The Morgan fingerprint density at radius 3 is 2.50 bits per heavy atom. The van der Waals surface area contributed by atoms with Gasteiger partial charge in [0, 0.05) is 4.88 Å². The van der Waals surface area contributed by atoms with Gasteiger partial charge in [0.1, 0.15) is 5.82 Å². The van der Waals surface area contributed by atoms with Crippen LogP contribution in [0.25, 0.3) is 0 Å². The van der Waals surface area contributed by atoms with Gasteiger partial charge in [-0.2, -0.15) is 0 Å². The van der Waals surface area contributed by atoms with Crippen molar-refractivity contribution in [1.29, 1.82) is 0 Å². The molecule has 1 aromatic heterocycles. The molecule has 0 aliphatic carbocycles. The molecule has 0 radical (unpaired) electrons. The van der Waals surface area contributed by atoms with Crippen LogP contribution in [0.5, 0.6) is 0 Å². The smallest absolute Gasteiger partial charge is 0.123 e. The van der Waals surface area contributed by atoms with E-state index in [2.05, 4.69) is 34.3 Å². The molecular weight excluding hydrogens is 287 g/mol. The van der Waals surface area contributed by atoms with Gasteiger partial charge in [0.15, 0.2) is 0 Å². The summed E-state index contributed by atoms with van der Waals surface area (Å²) in [5.74, 6) is -0.179. The van der Waals surface area contributed by atoms with Crippen molar-refractivity contribution in [1.82, 2.24) is 0 Å². The summed E-state index contributed by atoms with van der Waals surface area (Å²) in [7, 11) is 0. The summed E-state index contributed by atoms with van der Waals surface area (Å²) in [6.45, 7) is 2.12. The van der Waals surface area contributed by atoms with Gasteiger partial charge < -0.3 is 0 Å². The maximum absolute atomic E-state index is 12.8. The van der Waals surface area contributed by atoms with Crippen molar-refractivity contribution in [3.05, 3.63) is 57.5 Å². The zero-order chi connectivity index (χ0) is 11.5. The van der Waals surface area contributed by atoms with Crippen LogP contribution in [0.4, 0.5) is 4.39 Å². The van der Waals surface area contributed by atoms with Crippen molar-refractivity contribution >= 4 is 27.3 Å². The first-order valence-corrected chi connectivity index (χ1v) is 6.89. The van der Waals surface area contributed by atoms with Crippen molar-refractivity contribution in [2.75, 3.05) is 0 Å². The molecular formula is C13H12BrFS. The van der Waals surface area contributed by atoms with E-state index < -0.39 is 0 Å². The molecule has 0 fully saturated rings. The molecule has 0 spiro atoms. The van der Waals surface area contributed by atoms with Crippen molar-refractivity contribution in [2.45, 2.75) is 18.2 Å². The van der Waals surface area contributed by atoms with Crippen LogP contribution in [-0.4, -0.2) is 0 Å². The average molecular weight is 299 g/mol. The van der Waals surface area contributed by atoms with E-state index in [9.17, 15) is 4.39 Å². The third kappa shape index (κ3) is 2.71. The summed E-state index contributed by atoms with van der Waals surface area (Å²) < 4.78 is 12.8. The molecule has 0 saturated heterocycles. The fourth-order valence-electron chi connectivity index (χ4n) is 1.63. The van der Waals surface area contributed by atoms with E-state index >= 15 is 0 Å². The van der Waals surface area contributed by atoms with E-state index in [4.69, 9.17) is 0 Å². The third-order valence-electron chi connectivity index (χ3n) is 2.51. The highest BCUT2D eigenvalue weighted by atomic mass is 79.9. The minimum absolute atomic E-state index is 0.179. The topological polar surface area (TPSA) is 0 Å². The minimum Gasteiger partial charge on any atom is -0.207 e. The minimum atomic E-state index is -0.179. The maximum Gasteiger partial charge on any atom is 0.123 e. The molecule has 84 valence electrons. The standard InChI is InChI=1S/C13H12BrFS/c1-9-6-7-16-13(9)12(14)8-10-2-4-11(15)5-3-10/h2-7,12H,8H2,1H3. The molecule has 0 bridgehead atoms. The number of hydrogen-bond acceptors (Lipinski definition) is 1. The van der Waals surface area contributed by atoms with Gasteiger partial charge >= 0.3 is 0 Å². The number of thiophene rings is 1. The molecule has 0 amide bonds. The highest BCUT2D eigenvalue weighted by Crippen LogP contribution is 2.33. The summed E-state index contributed by atoms with van der Waals surface area (Å²) in [5, 5.41) is 2.10. The SMILES string of the molecule is Cc1ccsc1C(Br)Cc1ccc(F)cc1. The van der Waals surface area contributed by atoms with Crippen LogP contribution in [0.1, 0.15) is 20.8 Å². The van der Waals surface area contributed by atoms with Gasteiger partial charge in [-0.1, -0.05) is 28.1 Å². The summed E-state index contributed by atoms with van der Waals surface area (Å²) in [4.78, 5) is 1.67. The summed E-state index contributed by atoms with van der Waals surface area (Å²) in [6.07, 6.45) is 0.891. The number of alkyl halides is 1. The Labute approximate surface area is 107 Å². The number of benzene rings is 1. The second-order valence-electron chi connectivity index (χ2n) is 3.77. The predicted octanol–water partition coefficient (Wildman–Crippen LogP) is 4.87. The molecule has 1 atom stereocenters. The zero-order valence-electron chi connectivity index (χ0n) is 8.91. The number of halogens is 2. The Morgan fingerprint density at radius 1 is 1.25 bits per heavy atom. The largest absolute Gasteiger partial charge is 0.207 e. The summed E-state index contributed by atoms with van der Waals surface area (Å²) in [5.41, 5.74) is 2.46. The monoisotopic (exact) mass is 298 g/mol. The van der Waals surface area contributed by atoms with Gasteiger partial charge in [0.05, 0.1) is 4.83 Å². The highest BCUT2D eigenvalue weighted by Gasteiger charge is 2.12. The van der Waals surface area contributed by atoms with Gasteiger partial charge in [-0.15, -0.1) is 11.3 Å². The lowest BCUT2D eigenvalue weighted by Gasteiger charge is -2.09. The number of rotatable bonds is 3. The molecule has 1 aromatic carbocycles. The summed E-state index contributed by atoms with van der Waals surface area (Å²) in [6, 6.07) is 8.82. The molecule has 0 aliphatic rings. The fourth-order valence-corrected chi connectivity index (χ4v) is 3.59. The lowest BCUT2D eigenvalue weighted by Crippen LogP contribution is -1.94. The quantitative estimate of drug-likeness (QED) is 0.709. The number of hydrogen-bond donors (Lipinski definition) is 0. The van der Waals surface area contributed by atoms with Crippen molar-refractivity contribution in [2.24, 2.45) is 0 Å². The van der Waals surface area contributed by atoms with Gasteiger partial charge in [0.25, 0.3) is 0 Å². The Kier molecular flexibility index (Phi) is 3.77. The lowest BCUT2D eigenvalue weighted by atomic mass is 10.1. The second-order valence-corrected chi connectivity index (χ2v) is 5.82. The molecule has 1 unspecified atom stereocenters. The molecule has 3 heteroatoms. The Bertz CT molecular complexity index is 461. The summed E-state index contributed by atoms with van der Waals surface area (Å²) >= 11 is 5.45. The number of aryl methyl sites for hydroxylation is 1. The van der Waals surface area contributed by atoms with E-state index in [1.54, 1.807) is 11.3 Å². The Balaban J connectivity index is 2.10. The molecule has 0 saturated carbocycles. The predicted molar refractivity (Wildman–Crippen MR) is 70.8 cm³/mol. The van der Waals surface area contributed by atoms with Crippen LogP contribution >= 0.6 is 27.3 Å². The molecule has 0 nitrogen and oxygen atoms in total. The van der Waals surface area contributed by atoms with E-state index in [0.717, 1.165) is 12.0 Å².